The molecule has 0 saturated heterocycles. The third kappa shape index (κ3) is 3.33. The van der Waals surface area contributed by atoms with Gasteiger partial charge in [-0.15, -0.1) is 0 Å². The van der Waals surface area contributed by atoms with Crippen molar-refractivity contribution in [1.29, 1.82) is 0 Å². The number of carbonyl (C=O) groups excluding carboxylic acids is 3. The van der Waals surface area contributed by atoms with Gasteiger partial charge in [-0.3, -0.25) is 9.59 Å². The highest BCUT2D eigenvalue weighted by Crippen LogP contribution is 2.47. The summed E-state index contributed by atoms with van der Waals surface area (Å²) in [5, 5.41) is 9.75. The number of ether oxygens (including phenoxy) is 3. The van der Waals surface area contributed by atoms with Crippen LogP contribution < -0.4 is 0 Å². The lowest BCUT2D eigenvalue weighted by Gasteiger charge is -2.21. The molecular formula is C19H20O7. The molecule has 0 heterocycles. The number of benzene rings is 1. The SMILES string of the molecule is C=C1CC(C(=O)OC)(C(=O)OC)C/C1=C(/C)OC(=O)c1ccccc1O. The summed E-state index contributed by atoms with van der Waals surface area (Å²) in [7, 11) is 2.37. The van der Waals surface area contributed by atoms with Crippen LogP contribution >= 0.6 is 0 Å². The smallest absolute Gasteiger partial charge is 0.346 e. The molecule has 7 heteroatoms. The zero-order valence-corrected chi connectivity index (χ0v) is 14.8. The third-order valence-electron chi connectivity index (χ3n) is 4.37. The first-order valence-electron chi connectivity index (χ1n) is 7.81. The average Bonchev–Trinajstić information content (AvgIpc) is 2.99. The van der Waals surface area contributed by atoms with Crippen LogP contribution in [0, 0.1) is 5.41 Å². The first kappa shape index (κ1) is 19.2. The number of phenols is 1. The number of hydrogen-bond donors (Lipinski definition) is 1. The predicted molar refractivity (Wildman–Crippen MR) is 91.1 cm³/mol. The van der Waals surface area contributed by atoms with E-state index in [1.165, 1.54) is 33.3 Å². The van der Waals surface area contributed by atoms with E-state index in [9.17, 15) is 19.5 Å². The summed E-state index contributed by atoms with van der Waals surface area (Å²) in [6, 6.07) is 5.96. The molecule has 1 aromatic rings. The number of carbonyl (C=O) groups is 3. The second-order valence-electron chi connectivity index (χ2n) is 5.96. The van der Waals surface area contributed by atoms with E-state index in [0.29, 0.717) is 11.1 Å². The van der Waals surface area contributed by atoms with Gasteiger partial charge >= 0.3 is 17.9 Å². The molecule has 1 saturated carbocycles. The molecule has 0 unspecified atom stereocenters. The molecule has 0 spiro atoms. The second-order valence-corrected chi connectivity index (χ2v) is 5.96. The summed E-state index contributed by atoms with van der Waals surface area (Å²) in [5.41, 5.74) is -0.602. The van der Waals surface area contributed by atoms with Crippen molar-refractivity contribution < 1.29 is 33.7 Å². The fraction of sp³-hybridized carbons (Fsp3) is 0.316. The maximum Gasteiger partial charge on any atom is 0.346 e. The van der Waals surface area contributed by atoms with Crippen LogP contribution in [0.2, 0.25) is 0 Å². The number of methoxy groups -OCH3 is 2. The van der Waals surface area contributed by atoms with Gasteiger partial charge in [-0.05, 0) is 36.6 Å². The minimum atomic E-state index is -1.54. The second kappa shape index (κ2) is 7.43. The zero-order chi connectivity index (χ0) is 19.5. The van der Waals surface area contributed by atoms with Crippen molar-refractivity contribution in [2.24, 2.45) is 5.41 Å². The molecule has 0 bridgehead atoms. The van der Waals surface area contributed by atoms with Crippen LogP contribution in [0.25, 0.3) is 0 Å². The fourth-order valence-corrected chi connectivity index (χ4v) is 3.00. The van der Waals surface area contributed by atoms with Gasteiger partial charge < -0.3 is 19.3 Å². The Morgan fingerprint density at radius 1 is 1.08 bits per heavy atom. The van der Waals surface area contributed by atoms with Crippen molar-refractivity contribution in [3.63, 3.8) is 0 Å². The Kier molecular flexibility index (Phi) is 5.50. The Balaban J connectivity index is 2.33. The van der Waals surface area contributed by atoms with Gasteiger partial charge in [-0.2, -0.15) is 0 Å². The summed E-state index contributed by atoms with van der Waals surface area (Å²) in [4.78, 5) is 36.7. The van der Waals surface area contributed by atoms with Gasteiger partial charge in [0.05, 0.1) is 14.2 Å². The highest BCUT2D eigenvalue weighted by atomic mass is 16.5. The molecular weight excluding hydrogens is 340 g/mol. The van der Waals surface area contributed by atoms with E-state index in [4.69, 9.17) is 14.2 Å². The van der Waals surface area contributed by atoms with Crippen molar-refractivity contribution in [3.05, 3.63) is 53.3 Å². The van der Waals surface area contributed by atoms with Gasteiger partial charge in [0.2, 0.25) is 0 Å². The van der Waals surface area contributed by atoms with Crippen LogP contribution in [0.3, 0.4) is 0 Å². The van der Waals surface area contributed by atoms with Crippen LogP contribution in [0.4, 0.5) is 0 Å². The Bertz CT molecular complexity index is 788. The molecule has 1 N–H and O–H groups in total. The number of phenolic OH excluding ortho intramolecular Hbond substituents is 1. The average molecular weight is 360 g/mol. The normalized spacial score (nSPS) is 17.4. The molecule has 138 valence electrons. The lowest BCUT2D eigenvalue weighted by Crippen LogP contribution is -2.38. The highest BCUT2D eigenvalue weighted by Gasteiger charge is 2.54. The minimum Gasteiger partial charge on any atom is -0.507 e. The van der Waals surface area contributed by atoms with Crippen molar-refractivity contribution in [1.82, 2.24) is 0 Å². The van der Waals surface area contributed by atoms with Crippen LogP contribution in [0.1, 0.15) is 30.1 Å². The molecule has 1 fully saturated rings. The molecule has 0 aromatic heterocycles. The fourth-order valence-electron chi connectivity index (χ4n) is 3.00. The van der Waals surface area contributed by atoms with E-state index in [1.54, 1.807) is 12.1 Å². The lowest BCUT2D eigenvalue weighted by atomic mass is 9.85. The summed E-state index contributed by atoms with van der Waals surface area (Å²) >= 11 is 0. The van der Waals surface area contributed by atoms with Gasteiger partial charge in [-0.1, -0.05) is 18.7 Å². The van der Waals surface area contributed by atoms with E-state index in [2.05, 4.69) is 6.58 Å². The van der Waals surface area contributed by atoms with Crippen LogP contribution in [-0.4, -0.2) is 37.2 Å². The quantitative estimate of drug-likeness (QED) is 0.381. The number of para-hydroxylation sites is 1. The molecule has 0 atom stereocenters. The highest BCUT2D eigenvalue weighted by molar-refractivity contribution is 6.02. The Morgan fingerprint density at radius 2 is 1.65 bits per heavy atom. The van der Waals surface area contributed by atoms with E-state index in [0.717, 1.165) is 0 Å². The van der Waals surface area contributed by atoms with E-state index in [-0.39, 0.29) is 29.9 Å². The van der Waals surface area contributed by atoms with E-state index in [1.807, 2.05) is 0 Å². The van der Waals surface area contributed by atoms with Crippen molar-refractivity contribution in [3.8, 4) is 5.75 Å². The zero-order valence-electron chi connectivity index (χ0n) is 14.8. The van der Waals surface area contributed by atoms with Crippen LogP contribution in [-0.2, 0) is 23.8 Å². The topological polar surface area (TPSA) is 99.1 Å². The molecule has 1 aliphatic carbocycles. The maximum absolute atomic E-state index is 12.3. The Labute approximate surface area is 150 Å². The maximum atomic E-state index is 12.3. The number of aromatic hydroxyl groups is 1. The first-order chi connectivity index (χ1) is 12.3. The predicted octanol–water partition coefficient (Wildman–Crippen LogP) is 2.51. The van der Waals surface area contributed by atoms with Crippen molar-refractivity contribution >= 4 is 17.9 Å². The summed E-state index contributed by atoms with van der Waals surface area (Å²) in [6.07, 6.45) is -0.0434. The summed E-state index contributed by atoms with van der Waals surface area (Å²) < 4.78 is 14.8. The van der Waals surface area contributed by atoms with Gasteiger partial charge in [0, 0.05) is 6.42 Å². The number of hydrogen-bond acceptors (Lipinski definition) is 7. The lowest BCUT2D eigenvalue weighted by molar-refractivity contribution is -0.168. The van der Waals surface area contributed by atoms with Gasteiger partial charge in [-0.25, -0.2) is 4.79 Å². The van der Waals surface area contributed by atoms with E-state index < -0.39 is 23.3 Å². The minimum absolute atomic E-state index is 0.00302. The monoisotopic (exact) mass is 360 g/mol. The number of esters is 3. The molecule has 1 aliphatic rings. The number of rotatable bonds is 4. The number of allylic oxidation sites excluding steroid dienone is 3. The van der Waals surface area contributed by atoms with Crippen molar-refractivity contribution in [2.75, 3.05) is 14.2 Å². The summed E-state index contributed by atoms with van der Waals surface area (Å²) in [6.45, 7) is 5.40. The Morgan fingerprint density at radius 3 is 2.19 bits per heavy atom. The Hall–Kier alpha value is -3.09. The summed E-state index contributed by atoms with van der Waals surface area (Å²) in [5.74, 6) is -2.24. The molecule has 0 aliphatic heterocycles. The first-order valence-corrected chi connectivity index (χ1v) is 7.81. The third-order valence-corrected chi connectivity index (χ3v) is 4.37. The van der Waals surface area contributed by atoms with Crippen LogP contribution in [0.15, 0.2) is 47.7 Å². The molecule has 1 aromatic carbocycles. The molecule has 0 radical (unpaired) electrons. The molecule has 2 rings (SSSR count). The van der Waals surface area contributed by atoms with Gasteiger partial charge in [0.1, 0.15) is 17.1 Å². The van der Waals surface area contributed by atoms with Gasteiger partial charge in [0.25, 0.3) is 0 Å². The van der Waals surface area contributed by atoms with Crippen molar-refractivity contribution in [2.45, 2.75) is 19.8 Å². The molecule has 7 nitrogen and oxygen atoms in total. The van der Waals surface area contributed by atoms with Crippen LogP contribution in [0.5, 0.6) is 5.75 Å². The van der Waals surface area contributed by atoms with E-state index >= 15 is 0 Å². The standard InChI is InChI=1S/C19H20O7/c1-11-9-19(17(22)24-3,18(23)25-4)10-14(11)12(2)26-16(21)13-7-5-6-8-15(13)20/h5-8,20H,1,9-10H2,2-4H3/b14-12+. The molecule has 0 amide bonds. The molecule has 26 heavy (non-hydrogen) atoms. The van der Waals surface area contributed by atoms with Gasteiger partial charge in [0.15, 0.2) is 5.41 Å². The largest absolute Gasteiger partial charge is 0.507 e.